The van der Waals surface area contributed by atoms with E-state index in [4.69, 9.17) is 9.73 Å². The molecule has 6 nitrogen and oxygen atoms in total. The number of rotatable bonds is 11. The van der Waals surface area contributed by atoms with Gasteiger partial charge >= 0.3 is 0 Å². The SMILES string of the molecule is CCNC(=NCC1(CCOCC)CCCC1)NCCCn1nc(C)cc1C. The summed E-state index contributed by atoms with van der Waals surface area (Å²) >= 11 is 0. The summed E-state index contributed by atoms with van der Waals surface area (Å²) in [5.41, 5.74) is 2.65. The van der Waals surface area contributed by atoms with Crippen molar-refractivity contribution < 1.29 is 4.74 Å². The molecule has 1 aliphatic carbocycles. The highest BCUT2D eigenvalue weighted by Crippen LogP contribution is 2.41. The normalized spacial score (nSPS) is 16.7. The highest BCUT2D eigenvalue weighted by atomic mass is 16.5. The van der Waals surface area contributed by atoms with Gasteiger partial charge in [0.1, 0.15) is 0 Å². The molecule has 1 aromatic rings. The monoisotopic (exact) mass is 377 g/mol. The molecule has 1 aliphatic rings. The van der Waals surface area contributed by atoms with Crippen molar-refractivity contribution in [2.75, 3.05) is 32.8 Å². The van der Waals surface area contributed by atoms with Gasteiger partial charge < -0.3 is 15.4 Å². The Kier molecular flexibility index (Phi) is 9.11. The number of aromatic nitrogens is 2. The van der Waals surface area contributed by atoms with Crippen molar-refractivity contribution >= 4 is 5.96 Å². The number of hydrogen-bond acceptors (Lipinski definition) is 3. The molecule has 2 N–H and O–H groups in total. The lowest BCUT2D eigenvalue weighted by Gasteiger charge is -2.27. The fraction of sp³-hybridized carbons (Fsp3) is 0.810. The highest BCUT2D eigenvalue weighted by Gasteiger charge is 2.33. The van der Waals surface area contributed by atoms with E-state index < -0.39 is 0 Å². The first-order chi connectivity index (χ1) is 13.1. The van der Waals surface area contributed by atoms with Crippen LogP contribution in [0, 0.1) is 19.3 Å². The first-order valence-electron chi connectivity index (χ1n) is 10.7. The molecule has 0 aromatic carbocycles. The molecule has 1 heterocycles. The molecule has 2 rings (SSSR count). The van der Waals surface area contributed by atoms with Crippen LogP contribution in [-0.4, -0.2) is 48.6 Å². The average molecular weight is 378 g/mol. The van der Waals surface area contributed by atoms with E-state index in [0.717, 1.165) is 63.9 Å². The molecule has 0 atom stereocenters. The maximum absolute atomic E-state index is 5.62. The Balaban J connectivity index is 1.82. The van der Waals surface area contributed by atoms with Crippen LogP contribution in [0.15, 0.2) is 11.1 Å². The molecular weight excluding hydrogens is 338 g/mol. The molecule has 27 heavy (non-hydrogen) atoms. The van der Waals surface area contributed by atoms with Gasteiger partial charge in [-0.25, -0.2) is 0 Å². The van der Waals surface area contributed by atoms with Gasteiger partial charge in [0.2, 0.25) is 0 Å². The predicted octanol–water partition coefficient (Wildman–Crippen LogP) is 3.43. The third kappa shape index (κ3) is 7.17. The van der Waals surface area contributed by atoms with Crippen LogP contribution in [0.4, 0.5) is 0 Å². The third-order valence-electron chi connectivity index (χ3n) is 5.50. The molecule has 1 saturated carbocycles. The van der Waals surface area contributed by atoms with E-state index >= 15 is 0 Å². The van der Waals surface area contributed by atoms with Gasteiger partial charge in [-0.2, -0.15) is 5.10 Å². The minimum atomic E-state index is 0.335. The lowest BCUT2D eigenvalue weighted by Crippen LogP contribution is -2.39. The maximum Gasteiger partial charge on any atom is 0.191 e. The van der Waals surface area contributed by atoms with E-state index in [1.807, 2.05) is 6.92 Å². The van der Waals surface area contributed by atoms with Gasteiger partial charge in [0, 0.05) is 45.1 Å². The summed E-state index contributed by atoms with van der Waals surface area (Å²) in [6, 6.07) is 2.13. The lowest BCUT2D eigenvalue weighted by atomic mass is 9.83. The Morgan fingerprint density at radius 3 is 2.67 bits per heavy atom. The molecule has 1 aromatic heterocycles. The Labute approximate surface area is 165 Å². The number of hydrogen-bond donors (Lipinski definition) is 2. The topological polar surface area (TPSA) is 63.5 Å². The zero-order chi connectivity index (χ0) is 19.5. The van der Waals surface area contributed by atoms with Gasteiger partial charge in [0.05, 0.1) is 5.69 Å². The predicted molar refractivity (Wildman–Crippen MR) is 112 cm³/mol. The molecule has 154 valence electrons. The van der Waals surface area contributed by atoms with Crippen LogP contribution in [0.3, 0.4) is 0 Å². The summed E-state index contributed by atoms with van der Waals surface area (Å²) in [4.78, 5) is 4.93. The minimum Gasteiger partial charge on any atom is -0.382 e. The Hall–Kier alpha value is -1.56. The summed E-state index contributed by atoms with van der Waals surface area (Å²) in [7, 11) is 0. The number of nitrogens with one attached hydrogen (secondary N) is 2. The summed E-state index contributed by atoms with van der Waals surface area (Å²) in [5.74, 6) is 0.938. The van der Waals surface area contributed by atoms with E-state index in [2.05, 4.69) is 47.3 Å². The van der Waals surface area contributed by atoms with Gasteiger partial charge in [-0.15, -0.1) is 0 Å². The first-order valence-corrected chi connectivity index (χ1v) is 10.7. The largest absolute Gasteiger partial charge is 0.382 e. The quantitative estimate of drug-likeness (QED) is 0.352. The number of aliphatic imine (C=N–C) groups is 1. The Bertz CT molecular complexity index is 575. The van der Waals surface area contributed by atoms with Crippen LogP contribution in [0.2, 0.25) is 0 Å². The summed E-state index contributed by atoms with van der Waals surface area (Å²) in [6.07, 6.45) is 7.37. The second-order valence-electron chi connectivity index (χ2n) is 7.78. The number of nitrogens with zero attached hydrogens (tertiary/aromatic N) is 3. The second-order valence-corrected chi connectivity index (χ2v) is 7.78. The average Bonchev–Trinajstić information content (AvgIpc) is 3.23. The van der Waals surface area contributed by atoms with Gasteiger partial charge in [0.25, 0.3) is 0 Å². The number of aryl methyl sites for hydroxylation is 3. The van der Waals surface area contributed by atoms with Crippen molar-refractivity contribution in [2.24, 2.45) is 10.4 Å². The smallest absolute Gasteiger partial charge is 0.191 e. The van der Waals surface area contributed by atoms with Crippen molar-refractivity contribution in [3.8, 4) is 0 Å². The van der Waals surface area contributed by atoms with E-state index in [-0.39, 0.29) is 0 Å². The first kappa shape index (κ1) is 21.7. The standard InChI is InChI=1S/C21H39N5O/c1-5-22-20(23-13-9-14-26-19(4)16-18(3)25-26)24-17-21(10-7-8-11-21)12-15-27-6-2/h16H,5-15,17H2,1-4H3,(H2,22,23,24). The summed E-state index contributed by atoms with van der Waals surface area (Å²) in [6.45, 7) is 13.6. The molecule has 0 unspecified atom stereocenters. The van der Waals surface area contributed by atoms with Crippen molar-refractivity contribution in [3.05, 3.63) is 17.5 Å². The molecule has 0 radical (unpaired) electrons. The van der Waals surface area contributed by atoms with Crippen molar-refractivity contribution in [1.82, 2.24) is 20.4 Å². The molecule has 0 spiro atoms. The van der Waals surface area contributed by atoms with Crippen LogP contribution in [0.25, 0.3) is 0 Å². The van der Waals surface area contributed by atoms with Crippen LogP contribution in [0.1, 0.15) is 63.8 Å². The van der Waals surface area contributed by atoms with Gasteiger partial charge in [0.15, 0.2) is 5.96 Å². The lowest BCUT2D eigenvalue weighted by molar-refractivity contribution is 0.107. The van der Waals surface area contributed by atoms with E-state index in [1.165, 1.54) is 31.4 Å². The zero-order valence-corrected chi connectivity index (χ0v) is 17.8. The van der Waals surface area contributed by atoms with Gasteiger partial charge in [-0.05, 0) is 64.9 Å². The minimum absolute atomic E-state index is 0.335. The summed E-state index contributed by atoms with van der Waals surface area (Å²) in [5, 5.41) is 11.4. The fourth-order valence-electron chi connectivity index (χ4n) is 3.97. The molecule has 0 bridgehead atoms. The van der Waals surface area contributed by atoms with E-state index in [9.17, 15) is 0 Å². The van der Waals surface area contributed by atoms with Crippen LogP contribution < -0.4 is 10.6 Å². The number of guanidine groups is 1. The van der Waals surface area contributed by atoms with Crippen LogP contribution in [0.5, 0.6) is 0 Å². The second kappa shape index (κ2) is 11.3. The fourth-order valence-corrected chi connectivity index (χ4v) is 3.97. The number of ether oxygens (including phenoxy) is 1. The molecule has 6 heteroatoms. The van der Waals surface area contributed by atoms with Crippen molar-refractivity contribution in [3.63, 3.8) is 0 Å². The van der Waals surface area contributed by atoms with Crippen LogP contribution in [-0.2, 0) is 11.3 Å². The Morgan fingerprint density at radius 1 is 1.26 bits per heavy atom. The molecule has 0 amide bonds. The van der Waals surface area contributed by atoms with Gasteiger partial charge in [-0.3, -0.25) is 9.67 Å². The highest BCUT2D eigenvalue weighted by molar-refractivity contribution is 5.79. The van der Waals surface area contributed by atoms with E-state index in [0.29, 0.717) is 5.41 Å². The molecule has 1 fully saturated rings. The third-order valence-corrected chi connectivity index (χ3v) is 5.50. The zero-order valence-electron chi connectivity index (χ0n) is 17.8. The van der Waals surface area contributed by atoms with Gasteiger partial charge in [-0.1, -0.05) is 12.8 Å². The summed E-state index contributed by atoms with van der Waals surface area (Å²) < 4.78 is 7.71. The molecule has 0 aliphatic heterocycles. The van der Waals surface area contributed by atoms with Crippen LogP contribution >= 0.6 is 0 Å². The van der Waals surface area contributed by atoms with Crippen molar-refractivity contribution in [1.29, 1.82) is 0 Å². The maximum atomic E-state index is 5.62. The molecular formula is C21H39N5O. The van der Waals surface area contributed by atoms with Crippen molar-refractivity contribution in [2.45, 2.75) is 72.8 Å². The molecule has 0 saturated heterocycles. The Morgan fingerprint density at radius 2 is 2.04 bits per heavy atom. The van der Waals surface area contributed by atoms with E-state index in [1.54, 1.807) is 0 Å².